The molecule has 0 saturated carbocycles. The molecular weight excluding hydrogens is 288 g/mol. The second kappa shape index (κ2) is 8.73. The monoisotopic (exact) mass is 310 g/mol. The number of hydrogen-bond donors (Lipinski definition) is 2. The molecule has 0 bridgehead atoms. The van der Waals surface area contributed by atoms with E-state index < -0.39 is 0 Å². The van der Waals surface area contributed by atoms with Crippen molar-refractivity contribution in [2.45, 2.75) is 32.6 Å². The summed E-state index contributed by atoms with van der Waals surface area (Å²) >= 11 is 0. The molecule has 2 aromatic rings. The summed E-state index contributed by atoms with van der Waals surface area (Å²) in [5, 5.41) is 5.71. The lowest BCUT2D eigenvalue weighted by molar-refractivity contribution is -0.116. The number of unbranched alkanes of at least 4 members (excludes halogenated alkanes) is 1. The van der Waals surface area contributed by atoms with Gasteiger partial charge in [0.2, 0.25) is 11.8 Å². The predicted molar refractivity (Wildman–Crippen MR) is 93.4 cm³/mol. The van der Waals surface area contributed by atoms with Crippen LogP contribution in [-0.2, 0) is 16.0 Å². The molecular formula is C19H22N2O2. The first kappa shape index (κ1) is 16.7. The van der Waals surface area contributed by atoms with Gasteiger partial charge in [-0.15, -0.1) is 0 Å². The molecule has 0 radical (unpaired) electrons. The van der Waals surface area contributed by atoms with Crippen LogP contribution in [0.15, 0.2) is 54.6 Å². The van der Waals surface area contributed by atoms with Crippen LogP contribution in [0.2, 0.25) is 0 Å². The molecule has 0 aliphatic carbocycles. The van der Waals surface area contributed by atoms with Crippen molar-refractivity contribution in [2.24, 2.45) is 0 Å². The zero-order chi connectivity index (χ0) is 16.5. The van der Waals surface area contributed by atoms with E-state index in [0.29, 0.717) is 24.2 Å². The normalized spacial score (nSPS) is 10.1. The van der Waals surface area contributed by atoms with Crippen molar-refractivity contribution in [3.63, 3.8) is 0 Å². The summed E-state index contributed by atoms with van der Waals surface area (Å²) in [5.41, 5.74) is 2.34. The summed E-state index contributed by atoms with van der Waals surface area (Å²) in [5.74, 6) is -0.0785. The Morgan fingerprint density at radius 2 is 1.52 bits per heavy atom. The molecule has 23 heavy (non-hydrogen) atoms. The minimum Gasteiger partial charge on any atom is -0.326 e. The molecule has 0 aliphatic heterocycles. The van der Waals surface area contributed by atoms with Gasteiger partial charge in [0.1, 0.15) is 0 Å². The molecule has 4 heteroatoms. The zero-order valence-corrected chi connectivity index (χ0v) is 13.3. The second-order valence-electron chi connectivity index (χ2n) is 5.44. The molecule has 0 spiro atoms. The minimum absolute atomic E-state index is 0.000359. The fourth-order valence-electron chi connectivity index (χ4n) is 2.22. The van der Waals surface area contributed by atoms with Crippen molar-refractivity contribution in [3.8, 4) is 0 Å². The number of hydrogen-bond acceptors (Lipinski definition) is 2. The van der Waals surface area contributed by atoms with Gasteiger partial charge in [0.05, 0.1) is 6.42 Å². The van der Waals surface area contributed by atoms with Crippen molar-refractivity contribution in [3.05, 3.63) is 60.2 Å². The summed E-state index contributed by atoms with van der Waals surface area (Å²) in [7, 11) is 0. The number of anilines is 2. The molecule has 4 nitrogen and oxygen atoms in total. The Kier molecular flexibility index (Phi) is 6.36. The maximum atomic E-state index is 12.1. The second-order valence-corrected chi connectivity index (χ2v) is 5.44. The van der Waals surface area contributed by atoms with Crippen LogP contribution in [0.3, 0.4) is 0 Å². The van der Waals surface area contributed by atoms with E-state index >= 15 is 0 Å². The van der Waals surface area contributed by atoms with Crippen molar-refractivity contribution < 1.29 is 9.59 Å². The highest BCUT2D eigenvalue weighted by molar-refractivity contribution is 5.94. The van der Waals surface area contributed by atoms with E-state index in [-0.39, 0.29) is 11.8 Å². The van der Waals surface area contributed by atoms with Crippen LogP contribution in [0.4, 0.5) is 11.4 Å². The van der Waals surface area contributed by atoms with Gasteiger partial charge in [-0.3, -0.25) is 9.59 Å². The highest BCUT2D eigenvalue weighted by atomic mass is 16.2. The van der Waals surface area contributed by atoms with Crippen LogP contribution in [0.5, 0.6) is 0 Å². The van der Waals surface area contributed by atoms with Crippen LogP contribution >= 0.6 is 0 Å². The Hall–Kier alpha value is -2.62. The van der Waals surface area contributed by atoms with Crippen LogP contribution in [0.25, 0.3) is 0 Å². The summed E-state index contributed by atoms with van der Waals surface area (Å²) < 4.78 is 0. The molecule has 120 valence electrons. The number of nitrogens with one attached hydrogen (secondary N) is 2. The van der Waals surface area contributed by atoms with E-state index in [1.54, 1.807) is 6.07 Å². The van der Waals surface area contributed by atoms with Crippen molar-refractivity contribution in [2.75, 3.05) is 10.6 Å². The van der Waals surface area contributed by atoms with Crippen molar-refractivity contribution in [1.82, 2.24) is 0 Å². The van der Waals surface area contributed by atoms with Crippen molar-refractivity contribution in [1.29, 1.82) is 0 Å². The largest absolute Gasteiger partial charge is 0.326 e. The third-order valence-electron chi connectivity index (χ3n) is 3.39. The molecule has 2 rings (SSSR count). The van der Waals surface area contributed by atoms with Gasteiger partial charge in [-0.1, -0.05) is 49.7 Å². The van der Waals surface area contributed by atoms with Gasteiger partial charge in [0, 0.05) is 17.8 Å². The maximum Gasteiger partial charge on any atom is 0.228 e. The third-order valence-corrected chi connectivity index (χ3v) is 3.39. The number of carbonyl (C=O) groups is 2. The summed E-state index contributed by atoms with van der Waals surface area (Å²) in [4.78, 5) is 23.8. The lowest BCUT2D eigenvalue weighted by atomic mass is 10.1. The molecule has 2 N–H and O–H groups in total. The van der Waals surface area contributed by atoms with E-state index in [2.05, 4.69) is 17.6 Å². The Bertz CT molecular complexity index is 653. The van der Waals surface area contributed by atoms with Gasteiger partial charge < -0.3 is 10.6 Å². The SMILES string of the molecule is CCCCC(=O)Nc1cccc(NC(=O)Cc2ccccc2)c1. The van der Waals surface area contributed by atoms with Crippen LogP contribution < -0.4 is 10.6 Å². The first-order valence-electron chi connectivity index (χ1n) is 7.91. The summed E-state index contributed by atoms with van der Waals surface area (Å²) in [6.45, 7) is 2.05. The topological polar surface area (TPSA) is 58.2 Å². The predicted octanol–water partition coefficient (Wildman–Crippen LogP) is 4.00. The van der Waals surface area contributed by atoms with Gasteiger partial charge in [-0.05, 0) is 30.2 Å². The van der Waals surface area contributed by atoms with E-state index in [1.807, 2.05) is 48.5 Å². The fourth-order valence-corrected chi connectivity index (χ4v) is 2.22. The van der Waals surface area contributed by atoms with Crippen LogP contribution in [0.1, 0.15) is 31.7 Å². The Morgan fingerprint density at radius 3 is 2.17 bits per heavy atom. The summed E-state index contributed by atoms with van der Waals surface area (Å²) in [6, 6.07) is 16.8. The fraction of sp³-hybridized carbons (Fsp3) is 0.263. The molecule has 0 aromatic heterocycles. The smallest absolute Gasteiger partial charge is 0.228 e. The Labute approximate surface area is 136 Å². The zero-order valence-electron chi connectivity index (χ0n) is 13.3. The van der Waals surface area contributed by atoms with Gasteiger partial charge in [-0.25, -0.2) is 0 Å². The highest BCUT2D eigenvalue weighted by Crippen LogP contribution is 2.16. The summed E-state index contributed by atoms with van der Waals surface area (Å²) in [6.07, 6.45) is 2.71. The first-order chi connectivity index (χ1) is 11.2. The third kappa shape index (κ3) is 5.94. The Morgan fingerprint density at radius 1 is 0.870 bits per heavy atom. The standard InChI is InChI=1S/C19H22N2O2/c1-2-3-12-18(22)20-16-10-7-11-17(14-16)21-19(23)13-15-8-5-4-6-9-15/h4-11,14H,2-3,12-13H2,1H3,(H,20,22)(H,21,23). The maximum absolute atomic E-state index is 12.1. The number of amides is 2. The van der Waals surface area contributed by atoms with Gasteiger partial charge in [0.15, 0.2) is 0 Å². The molecule has 2 amide bonds. The van der Waals surface area contributed by atoms with E-state index in [0.717, 1.165) is 18.4 Å². The van der Waals surface area contributed by atoms with Gasteiger partial charge in [0.25, 0.3) is 0 Å². The van der Waals surface area contributed by atoms with Gasteiger partial charge >= 0.3 is 0 Å². The van der Waals surface area contributed by atoms with Crippen LogP contribution in [0, 0.1) is 0 Å². The molecule has 0 heterocycles. The lowest BCUT2D eigenvalue weighted by Crippen LogP contribution is -2.15. The van der Waals surface area contributed by atoms with Crippen LogP contribution in [-0.4, -0.2) is 11.8 Å². The number of rotatable bonds is 7. The van der Waals surface area contributed by atoms with Crippen molar-refractivity contribution >= 4 is 23.2 Å². The van der Waals surface area contributed by atoms with Gasteiger partial charge in [-0.2, -0.15) is 0 Å². The number of benzene rings is 2. The van der Waals surface area contributed by atoms with E-state index in [4.69, 9.17) is 0 Å². The highest BCUT2D eigenvalue weighted by Gasteiger charge is 2.06. The first-order valence-corrected chi connectivity index (χ1v) is 7.91. The van der Waals surface area contributed by atoms with E-state index in [1.165, 1.54) is 0 Å². The van der Waals surface area contributed by atoms with E-state index in [9.17, 15) is 9.59 Å². The quantitative estimate of drug-likeness (QED) is 0.812. The average Bonchev–Trinajstić information content (AvgIpc) is 2.54. The molecule has 0 atom stereocenters. The molecule has 0 fully saturated rings. The Balaban J connectivity index is 1.91. The lowest BCUT2D eigenvalue weighted by Gasteiger charge is -2.09. The average molecular weight is 310 g/mol. The molecule has 0 aliphatic rings. The number of carbonyl (C=O) groups excluding carboxylic acids is 2. The minimum atomic E-state index is -0.0781. The molecule has 2 aromatic carbocycles. The molecule has 0 unspecified atom stereocenters. The molecule has 0 saturated heterocycles.